The van der Waals surface area contributed by atoms with Crippen molar-refractivity contribution in [1.29, 1.82) is 0 Å². The maximum Gasteiger partial charge on any atom is 0.118 e. The van der Waals surface area contributed by atoms with Crippen molar-refractivity contribution in [3.05, 3.63) is 71.3 Å². The van der Waals surface area contributed by atoms with E-state index in [0.29, 0.717) is 5.92 Å². The first-order valence-corrected chi connectivity index (χ1v) is 7.16. The van der Waals surface area contributed by atoms with Gasteiger partial charge in [-0.25, -0.2) is 0 Å². The summed E-state index contributed by atoms with van der Waals surface area (Å²) in [5.41, 5.74) is 5.65. The molecule has 1 nitrogen and oxygen atoms in total. The van der Waals surface area contributed by atoms with Gasteiger partial charge in [-0.2, -0.15) is 0 Å². The van der Waals surface area contributed by atoms with Gasteiger partial charge in [0.15, 0.2) is 0 Å². The van der Waals surface area contributed by atoms with E-state index in [9.17, 15) is 0 Å². The molecule has 0 N–H and O–H groups in total. The molecular formula is C19H20O. The van der Waals surface area contributed by atoms with Gasteiger partial charge in [0.05, 0.1) is 7.11 Å². The van der Waals surface area contributed by atoms with Crippen molar-refractivity contribution in [2.24, 2.45) is 5.92 Å². The molecule has 0 spiro atoms. The number of fused-ring (bicyclic) bond motifs is 1. The van der Waals surface area contributed by atoms with Crippen LogP contribution in [0.1, 0.15) is 23.6 Å². The zero-order chi connectivity index (χ0) is 13.9. The van der Waals surface area contributed by atoms with Crippen molar-refractivity contribution in [3.8, 4) is 5.75 Å². The number of methoxy groups -OCH3 is 1. The fraction of sp³-hybridized carbons (Fsp3) is 0.263. The lowest BCUT2D eigenvalue weighted by molar-refractivity contribution is 0.415. The molecule has 102 valence electrons. The summed E-state index contributed by atoms with van der Waals surface area (Å²) < 4.78 is 5.21. The maximum atomic E-state index is 5.21. The Hall–Kier alpha value is -2.02. The molecule has 0 saturated heterocycles. The number of hydrogen-bond acceptors (Lipinski definition) is 1. The van der Waals surface area contributed by atoms with Crippen molar-refractivity contribution in [2.45, 2.75) is 19.8 Å². The zero-order valence-electron chi connectivity index (χ0n) is 12.1. The van der Waals surface area contributed by atoms with E-state index in [4.69, 9.17) is 4.74 Å². The van der Waals surface area contributed by atoms with Gasteiger partial charge in [-0.3, -0.25) is 0 Å². The molecule has 0 bridgehead atoms. The van der Waals surface area contributed by atoms with Gasteiger partial charge in [-0.15, -0.1) is 0 Å². The van der Waals surface area contributed by atoms with Crippen LogP contribution in [0.4, 0.5) is 0 Å². The molecule has 1 aliphatic rings. The van der Waals surface area contributed by atoms with Gasteiger partial charge in [0.2, 0.25) is 0 Å². The Morgan fingerprint density at radius 3 is 2.15 bits per heavy atom. The van der Waals surface area contributed by atoms with Gasteiger partial charge in [0, 0.05) is 0 Å². The quantitative estimate of drug-likeness (QED) is 0.792. The Balaban J connectivity index is 1.76. The van der Waals surface area contributed by atoms with E-state index >= 15 is 0 Å². The van der Waals surface area contributed by atoms with E-state index < -0.39 is 0 Å². The second-order valence-corrected chi connectivity index (χ2v) is 5.52. The number of benzene rings is 2. The van der Waals surface area contributed by atoms with E-state index in [1.807, 2.05) is 12.1 Å². The van der Waals surface area contributed by atoms with Crippen LogP contribution in [-0.2, 0) is 12.8 Å². The van der Waals surface area contributed by atoms with Gasteiger partial charge < -0.3 is 4.74 Å². The molecule has 20 heavy (non-hydrogen) atoms. The van der Waals surface area contributed by atoms with E-state index in [1.165, 1.54) is 35.1 Å². The zero-order valence-corrected chi connectivity index (χ0v) is 12.1. The van der Waals surface area contributed by atoms with Crippen LogP contribution < -0.4 is 4.74 Å². The molecule has 0 aromatic heterocycles. The molecule has 0 atom stereocenters. The molecule has 0 heterocycles. The topological polar surface area (TPSA) is 9.23 Å². The molecule has 1 heteroatoms. The van der Waals surface area contributed by atoms with Crippen molar-refractivity contribution >= 4 is 5.57 Å². The SMILES string of the molecule is COc1ccc(/C(C)=C/C2Cc3ccccc3C2)cc1. The average molecular weight is 264 g/mol. The molecule has 3 rings (SSSR count). The molecule has 0 fully saturated rings. The monoisotopic (exact) mass is 264 g/mol. The summed E-state index contributed by atoms with van der Waals surface area (Å²) >= 11 is 0. The Labute approximate surface area is 120 Å². The van der Waals surface area contributed by atoms with Crippen LogP contribution >= 0.6 is 0 Å². The van der Waals surface area contributed by atoms with Gasteiger partial charge in [-0.05, 0) is 60.1 Å². The van der Waals surface area contributed by atoms with Crippen molar-refractivity contribution in [3.63, 3.8) is 0 Å². The summed E-state index contributed by atoms with van der Waals surface area (Å²) in [4.78, 5) is 0. The minimum atomic E-state index is 0.634. The Bertz CT molecular complexity index is 597. The molecule has 0 aliphatic heterocycles. The fourth-order valence-corrected chi connectivity index (χ4v) is 3.01. The smallest absolute Gasteiger partial charge is 0.118 e. The van der Waals surface area contributed by atoms with Crippen molar-refractivity contribution in [1.82, 2.24) is 0 Å². The van der Waals surface area contributed by atoms with Crippen LogP contribution in [0.25, 0.3) is 5.57 Å². The Kier molecular flexibility index (Phi) is 3.60. The van der Waals surface area contributed by atoms with Crippen LogP contribution in [-0.4, -0.2) is 7.11 Å². The normalized spacial score (nSPS) is 15.2. The van der Waals surface area contributed by atoms with Gasteiger partial charge in [-0.1, -0.05) is 42.5 Å². The second-order valence-electron chi connectivity index (χ2n) is 5.52. The third-order valence-electron chi connectivity index (χ3n) is 4.11. The minimum Gasteiger partial charge on any atom is -0.497 e. The highest BCUT2D eigenvalue weighted by molar-refractivity contribution is 5.64. The van der Waals surface area contributed by atoms with E-state index in [-0.39, 0.29) is 0 Å². The van der Waals surface area contributed by atoms with Gasteiger partial charge in [0.25, 0.3) is 0 Å². The summed E-state index contributed by atoms with van der Waals surface area (Å²) in [5.74, 6) is 1.55. The van der Waals surface area contributed by atoms with Crippen LogP contribution in [0.15, 0.2) is 54.6 Å². The summed E-state index contributed by atoms with van der Waals surface area (Å²) in [6.45, 7) is 2.20. The lowest BCUT2D eigenvalue weighted by Gasteiger charge is -2.07. The van der Waals surface area contributed by atoms with Crippen LogP contribution in [0, 0.1) is 5.92 Å². The number of rotatable bonds is 3. The summed E-state index contributed by atoms with van der Waals surface area (Å²) in [6.07, 6.45) is 4.76. The van der Waals surface area contributed by atoms with Crippen LogP contribution in [0.3, 0.4) is 0 Å². The predicted molar refractivity (Wildman–Crippen MR) is 84.0 cm³/mol. The first-order valence-electron chi connectivity index (χ1n) is 7.16. The highest BCUT2D eigenvalue weighted by Gasteiger charge is 2.19. The Morgan fingerprint density at radius 2 is 1.60 bits per heavy atom. The number of hydrogen-bond donors (Lipinski definition) is 0. The first kappa shape index (κ1) is 13.0. The standard InChI is InChI=1S/C19H20O/c1-14(16-7-9-19(20-2)10-8-16)11-15-12-17-5-3-4-6-18(17)13-15/h3-11,15H,12-13H2,1-2H3/b14-11+. The van der Waals surface area contributed by atoms with E-state index in [1.54, 1.807) is 7.11 Å². The van der Waals surface area contributed by atoms with Gasteiger partial charge >= 0.3 is 0 Å². The highest BCUT2D eigenvalue weighted by Crippen LogP contribution is 2.29. The molecule has 0 radical (unpaired) electrons. The second kappa shape index (κ2) is 5.54. The summed E-state index contributed by atoms with van der Waals surface area (Å²) in [5, 5.41) is 0. The third kappa shape index (κ3) is 2.62. The Morgan fingerprint density at radius 1 is 1.00 bits per heavy atom. The molecule has 0 saturated carbocycles. The largest absolute Gasteiger partial charge is 0.497 e. The lowest BCUT2D eigenvalue weighted by atomic mass is 9.99. The molecule has 1 aliphatic carbocycles. The number of ether oxygens (including phenoxy) is 1. The molecular weight excluding hydrogens is 244 g/mol. The highest BCUT2D eigenvalue weighted by atomic mass is 16.5. The van der Waals surface area contributed by atoms with Crippen molar-refractivity contribution in [2.75, 3.05) is 7.11 Å². The van der Waals surface area contributed by atoms with Gasteiger partial charge in [0.1, 0.15) is 5.75 Å². The number of allylic oxidation sites excluding steroid dienone is 2. The molecule has 2 aromatic rings. The molecule has 0 amide bonds. The molecule has 0 unspecified atom stereocenters. The van der Waals surface area contributed by atoms with E-state index in [2.05, 4.69) is 49.4 Å². The van der Waals surface area contributed by atoms with Crippen molar-refractivity contribution < 1.29 is 4.74 Å². The first-order chi connectivity index (χ1) is 9.76. The summed E-state index contributed by atoms with van der Waals surface area (Å²) in [7, 11) is 1.70. The summed E-state index contributed by atoms with van der Waals surface area (Å²) in [6, 6.07) is 17.1. The predicted octanol–water partition coefficient (Wildman–Crippen LogP) is 4.51. The average Bonchev–Trinajstić information content (AvgIpc) is 2.89. The molecule has 2 aromatic carbocycles. The lowest BCUT2D eigenvalue weighted by Crippen LogP contribution is -1.95. The fourth-order valence-electron chi connectivity index (χ4n) is 3.01. The van der Waals surface area contributed by atoms with Crippen LogP contribution in [0.5, 0.6) is 5.75 Å². The third-order valence-corrected chi connectivity index (χ3v) is 4.11. The minimum absolute atomic E-state index is 0.634. The van der Waals surface area contributed by atoms with Crippen LogP contribution in [0.2, 0.25) is 0 Å². The van der Waals surface area contributed by atoms with E-state index in [0.717, 1.165) is 5.75 Å². The maximum absolute atomic E-state index is 5.21.